The van der Waals surface area contributed by atoms with Crippen molar-refractivity contribution in [2.45, 2.75) is 26.2 Å². The Morgan fingerprint density at radius 2 is 1.88 bits per heavy atom. The van der Waals surface area contributed by atoms with Crippen molar-refractivity contribution >= 4 is 17.0 Å². The van der Waals surface area contributed by atoms with E-state index in [0.29, 0.717) is 0 Å². The van der Waals surface area contributed by atoms with E-state index in [2.05, 4.69) is 20.8 Å². The summed E-state index contributed by atoms with van der Waals surface area (Å²) in [6.45, 7) is 6.41. The summed E-state index contributed by atoms with van der Waals surface area (Å²) in [6.07, 6.45) is 1.52. The number of aromatic nitrogens is 1. The zero-order valence-electron chi connectivity index (χ0n) is 10.7. The van der Waals surface area contributed by atoms with E-state index in [1.54, 1.807) is 4.57 Å². The molecular formula is C14H17NO2. The second kappa shape index (κ2) is 3.91. The maximum Gasteiger partial charge on any atom is 0.418 e. The number of benzene rings is 1. The lowest BCUT2D eigenvalue weighted by molar-refractivity contribution is 0.174. The molecule has 0 aliphatic carbocycles. The largest absolute Gasteiger partial charge is 0.452 e. The minimum Gasteiger partial charge on any atom is -0.452 e. The minimum absolute atomic E-state index is 0.00112. The van der Waals surface area contributed by atoms with E-state index in [4.69, 9.17) is 4.74 Å². The van der Waals surface area contributed by atoms with Gasteiger partial charge in [-0.1, -0.05) is 39.0 Å². The molecule has 0 bridgehead atoms. The summed E-state index contributed by atoms with van der Waals surface area (Å²) in [7, 11) is 1.40. The third-order valence-corrected chi connectivity index (χ3v) is 2.89. The van der Waals surface area contributed by atoms with Gasteiger partial charge >= 0.3 is 6.09 Å². The van der Waals surface area contributed by atoms with Crippen molar-refractivity contribution in [2.75, 3.05) is 7.11 Å². The van der Waals surface area contributed by atoms with Gasteiger partial charge in [-0.15, -0.1) is 0 Å². The predicted molar refractivity (Wildman–Crippen MR) is 68.4 cm³/mol. The van der Waals surface area contributed by atoms with Crippen molar-refractivity contribution in [3.05, 3.63) is 36.0 Å². The third kappa shape index (κ3) is 1.93. The van der Waals surface area contributed by atoms with Crippen LogP contribution in [0, 0.1) is 0 Å². The van der Waals surface area contributed by atoms with Crippen LogP contribution in [0.15, 0.2) is 30.5 Å². The molecule has 90 valence electrons. The molecule has 1 aromatic heterocycles. The molecule has 0 spiro atoms. The summed E-state index contributed by atoms with van der Waals surface area (Å²) < 4.78 is 6.36. The number of para-hydroxylation sites is 1. The quantitative estimate of drug-likeness (QED) is 0.694. The molecule has 1 aromatic carbocycles. The highest BCUT2D eigenvalue weighted by atomic mass is 16.5. The molecule has 0 atom stereocenters. The average Bonchev–Trinajstić information content (AvgIpc) is 2.67. The van der Waals surface area contributed by atoms with Gasteiger partial charge in [0, 0.05) is 11.6 Å². The van der Waals surface area contributed by atoms with Crippen molar-refractivity contribution in [3.8, 4) is 0 Å². The second-order valence-corrected chi connectivity index (χ2v) is 5.15. The lowest BCUT2D eigenvalue weighted by atomic mass is 9.87. The summed E-state index contributed by atoms with van der Waals surface area (Å²) >= 11 is 0. The van der Waals surface area contributed by atoms with Crippen LogP contribution < -0.4 is 0 Å². The van der Waals surface area contributed by atoms with Crippen LogP contribution in [0.1, 0.15) is 26.3 Å². The maximum absolute atomic E-state index is 11.7. The minimum atomic E-state index is -0.350. The Morgan fingerprint density at radius 3 is 2.47 bits per heavy atom. The van der Waals surface area contributed by atoms with Crippen molar-refractivity contribution in [2.24, 2.45) is 0 Å². The zero-order chi connectivity index (χ0) is 12.6. The van der Waals surface area contributed by atoms with Crippen LogP contribution in [0.3, 0.4) is 0 Å². The third-order valence-electron chi connectivity index (χ3n) is 2.89. The molecule has 0 saturated heterocycles. The van der Waals surface area contributed by atoms with E-state index in [0.717, 1.165) is 16.5 Å². The number of hydrogen-bond donors (Lipinski definition) is 0. The summed E-state index contributed by atoms with van der Waals surface area (Å²) in [6, 6.07) is 7.88. The molecule has 0 aliphatic heterocycles. The number of carbonyl (C=O) groups is 1. The molecule has 17 heavy (non-hydrogen) atoms. The van der Waals surface area contributed by atoms with Gasteiger partial charge in [0.2, 0.25) is 0 Å². The molecule has 0 unspecified atom stereocenters. The first-order valence-electron chi connectivity index (χ1n) is 5.64. The van der Waals surface area contributed by atoms with E-state index in [1.807, 2.05) is 30.5 Å². The lowest BCUT2D eigenvalue weighted by Crippen LogP contribution is -2.12. The molecule has 0 aliphatic rings. The normalized spacial score (nSPS) is 11.8. The van der Waals surface area contributed by atoms with Crippen LogP contribution in [0.5, 0.6) is 0 Å². The smallest absolute Gasteiger partial charge is 0.418 e. The molecule has 0 fully saturated rings. The van der Waals surface area contributed by atoms with E-state index >= 15 is 0 Å². The van der Waals surface area contributed by atoms with Gasteiger partial charge < -0.3 is 4.74 Å². The highest BCUT2D eigenvalue weighted by Gasteiger charge is 2.22. The maximum atomic E-state index is 11.7. The number of hydrogen-bond acceptors (Lipinski definition) is 2. The van der Waals surface area contributed by atoms with Crippen LogP contribution in [0.2, 0.25) is 0 Å². The molecule has 0 amide bonds. The number of carbonyl (C=O) groups excluding carboxylic acids is 1. The van der Waals surface area contributed by atoms with Crippen LogP contribution in [-0.2, 0) is 10.2 Å². The Kier molecular flexibility index (Phi) is 2.69. The zero-order valence-corrected chi connectivity index (χ0v) is 10.7. The summed E-state index contributed by atoms with van der Waals surface area (Å²) in [5, 5.41) is 1.10. The van der Waals surface area contributed by atoms with Gasteiger partial charge in [0.05, 0.1) is 12.6 Å². The van der Waals surface area contributed by atoms with Gasteiger partial charge in [0.25, 0.3) is 0 Å². The fourth-order valence-electron chi connectivity index (χ4n) is 2.03. The Hall–Kier alpha value is -1.77. The molecule has 3 heteroatoms. The first kappa shape index (κ1) is 11.7. The molecule has 0 N–H and O–H groups in total. The SMILES string of the molecule is COC(=O)n1cc(C(C)(C)C)c2ccccc21. The van der Waals surface area contributed by atoms with Crippen LogP contribution in [-0.4, -0.2) is 17.8 Å². The van der Waals surface area contributed by atoms with Gasteiger partial charge in [-0.2, -0.15) is 0 Å². The molecule has 2 rings (SSSR count). The highest BCUT2D eigenvalue weighted by Crippen LogP contribution is 2.31. The first-order chi connectivity index (χ1) is 7.95. The number of nitrogens with zero attached hydrogens (tertiary/aromatic N) is 1. The Morgan fingerprint density at radius 1 is 1.24 bits per heavy atom. The Bertz CT molecular complexity index is 561. The van der Waals surface area contributed by atoms with Crippen LogP contribution >= 0.6 is 0 Å². The highest BCUT2D eigenvalue weighted by molar-refractivity contribution is 5.92. The van der Waals surface area contributed by atoms with Gasteiger partial charge in [0.1, 0.15) is 0 Å². The number of methoxy groups -OCH3 is 1. The van der Waals surface area contributed by atoms with E-state index in [9.17, 15) is 4.79 Å². The van der Waals surface area contributed by atoms with Crippen molar-refractivity contribution in [1.29, 1.82) is 0 Å². The number of rotatable bonds is 0. The predicted octanol–water partition coefficient (Wildman–Crippen LogP) is 3.55. The standard InChI is InChI=1S/C14H17NO2/c1-14(2,3)11-9-15(13(16)17-4)12-8-6-5-7-10(11)12/h5-9H,1-4H3. The van der Waals surface area contributed by atoms with Crippen molar-refractivity contribution in [3.63, 3.8) is 0 Å². The van der Waals surface area contributed by atoms with Gasteiger partial charge in [-0.3, -0.25) is 4.57 Å². The average molecular weight is 231 g/mol. The van der Waals surface area contributed by atoms with E-state index in [1.165, 1.54) is 7.11 Å². The molecule has 0 radical (unpaired) electrons. The fourth-order valence-corrected chi connectivity index (χ4v) is 2.03. The molecule has 1 heterocycles. The summed E-state index contributed by atoms with van der Waals surface area (Å²) in [5.41, 5.74) is 2.04. The molecule has 0 saturated carbocycles. The van der Waals surface area contributed by atoms with Crippen LogP contribution in [0.4, 0.5) is 4.79 Å². The second-order valence-electron chi connectivity index (χ2n) is 5.15. The van der Waals surface area contributed by atoms with Gasteiger partial charge in [-0.25, -0.2) is 4.79 Å². The Labute approximate surface area is 101 Å². The topological polar surface area (TPSA) is 31.2 Å². The summed E-state index contributed by atoms with van der Waals surface area (Å²) in [4.78, 5) is 11.7. The molecular weight excluding hydrogens is 214 g/mol. The fraction of sp³-hybridized carbons (Fsp3) is 0.357. The first-order valence-corrected chi connectivity index (χ1v) is 5.64. The van der Waals surface area contributed by atoms with Gasteiger partial charge in [-0.05, 0) is 17.0 Å². The van der Waals surface area contributed by atoms with Gasteiger partial charge in [0.15, 0.2) is 0 Å². The molecule has 3 nitrogen and oxygen atoms in total. The van der Waals surface area contributed by atoms with E-state index in [-0.39, 0.29) is 11.5 Å². The number of fused-ring (bicyclic) bond motifs is 1. The molecule has 2 aromatic rings. The lowest BCUT2D eigenvalue weighted by Gasteiger charge is -2.17. The van der Waals surface area contributed by atoms with E-state index < -0.39 is 0 Å². The van der Waals surface area contributed by atoms with Crippen molar-refractivity contribution < 1.29 is 9.53 Å². The van der Waals surface area contributed by atoms with Crippen LogP contribution in [0.25, 0.3) is 10.9 Å². The Balaban J connectivity index is 2.76. The summed E-state index contributed by atoms with van der Waals surface area (Å²) in [5.74, 6) is 0. The number of ether oxygens (including phenoxy) is 1. The monoisotopic (exact) mass is 231 g/mol. The van der Waals surface area contributed by atoms with Crippen molar-refractivity contribution in [1.82, 2.24) is 4.57 Å².